The quantitative estimate of drug-likeness (QED) is 0.174. The van der Waals surface area contributed by atoms with Crippen LogP contribution >= 0.6 is 0 Å². The molecule has 0 amide bonds. The van der Waals surface area contributed by atoms with Gasteiger partial charge in [0.05, 0.1) is 33.5 Å². The number of pyridine rings is 1. The van der Waals surface area contributed by atoms with Gasteiger partial charge in [-0.05, 0) is 83.4 Å². The highest BCUT2D eigenvalue weighted by Crippen LogP contribution is 2.37. The van der Waals surface area contributed by atoms with E-state index >= 15 is 0 Å². The van der Waals surface area contributed by atoms with Crippen LogP contribution in [0, 0.1) is 0 Å². The molecule has 0 N–H and O–H groups in total. The first-order valence-electron chi connectivity index (χ1n) is 17.7. The maximum Gasteiger partial charge on any atom is 0.0716 e. The molecule has 0 aliphatic heterocycles. The van der Waals surface area contributed by atoms with Gasteiger partial charge in [-0.3, -0.25) is 0 Å². The van der Waals surface area contributed by atoms with Gasteiger partial charge in [0.25, 0.3) is 0 Å². The van der Waals surface area contributed by atoms with Gasteiger partial charge in [0.1, 0.15) is 0 Å². The summed E-state index contributed by atoms with van der Waals surface area (Å²) in [7, 11) is 0. The summed E-state index contributed by atoms with van der Waals surface area (Å²) in [5.74, 6) is 0. The molecule has 0 spiro atoms. The maximum atomic E-state index is 5.30. The SMILES string of the molecule is C=Cc1ccc2c(c1)c1ccccc1n2-c1cccc(-c2cc(-c3cccc(-n4c5ccccc5c5ccccc54)c3)cc(-c3ccccc3)n2)c1. The lowest BCUT2D eigenvalue weighted by molar-refractivity contribution is 1.18. The normalized spacial score (nSPS) is 11.5. The number of aromatic nitrogens is 3. The highest BCUT2D eigenvalue weighted by Gasteiger charge is 2.16. The minimum atomic E-state index is 0.926. The van der Waals surface area contributed by atoms with E-state index in [1.54, 1.807) is 0 Å². The summed E-state index contributed by atoms with van der Waals surface area (Å²) in [6, 6.07) is 65.1. The zero-order chi connectivity index (χ0) is 34.6. The van der Waals surface area contributed by atoms with Gasteiger partial charge in [0, 0.05) is 44.0 Å². The molecule has 3 heteroatoms. The Labute approximate surface area is 302 Å². The number of fused-ring (bicyclic) bond motifs is 6. The predicted molar refractivity (Wildman–Crippen MR) is 219 cm³/mol. The predicted octanol–water partition coefficient (Wildman–Crippen LogP) is 12.9. The van der Waals surface area contributed by atoms with Crippen molar-refractivity contribution < 1.29 is 0 Å². The molecular weight excluding hydrogens is 631 g/mol. The number of rotatable bonds is 6. The van der Waals surface area contributed by atoms with Gasteiger partial charge < -0.3 is 9.13 Å². The van der Waals surface area contributed by atoms with E-state index in [0.29, 0.717) is 0 Å². The average molecular weight is 664 g/mol. The van der Waals surface area contributed by atoms with Crippen molar-refractivity contribution in [2.24, 2.45) is 0 Å². The van der Waals surface area contributed by atoms with Crippen molar-refractivity contribution in [2.45, 2.75) is 0 Å². The Hall–Kier alpha value is -6.97. The van der Waals surface area contributed by atoms with E-state index in [1.807, 2.05) is 6.08 Å². The standard InChI is InChI=1S/C49H33N3/c1-2-33-26-27-49-43(28-33)42-22-8-11-25-48(42)52(49)39-19-13-17-36(30-39)45-32-37(31-44(50-45)34-14-4-3-5-15-34)35-16-12-18-38(29-35)51-46-23-9-6-20-40(46)41-21-7-10-24-47(41)51/h2-32H,1H2. The number of hydrogen-bond donors (Lipinski definition) is 0. The second kappa shape index (κ2) is 12.1. The van der Waals surface area contributed by atoms with Crippen molar-refractivity contribution in [1.82, 2.24) is 14.1 Å². The smallest absolute Gasteiger partial charge is 0.0716 e. The third-order valence-corrected chi connectivity index (χ3v) is 10.2. The van der Waals surface area contributed by atoms with Crippen LogP contribution in [0.4, 0.5) is 0 Å². The molecule has 3 nitrogen and oxygen atoms in total. The van der Waals surface area contributed by atoms with Gasteiger partial charge in [0.2, 0.25) is 0 Å². The van der Waals surface area contributed by atoms with E-state index in [4.69, 9.17) is 4.98 Å². The van der Waals surface area contributed by atoms with E-state index in [1.165, 1.54) is 38.1 Å². The molecule has 0 radical (unpaired) electrons. The van der Waals surface area contributed by atoms with Gasteiger partial charge in [0.15, 0.2) is 0 Å². The third-order valence-electron chi connectivity index (χ3n) is 10.2. The van der Waals surface area contributed by atoms with E-state index in [0.717, 1.165) is 56.1 Å². The molecule has 0 aliphatic rings. The Bertz CT molecular complexity index is 2930. The lowest BCUT2D eigenvalue weighted by Crippen LogP contribution is -1.96. The Kier molecular flexibility index (Phi) is 6.97. The van der Waals surface area contributed by atoms with Crippen LogP contribution in [0.15, 0.2) is 189 Å². The van der Waals surface area contributed by atoms with E-state index in [-0.39, 0.29) is 0 Å². The van der Waals surface area contributed by atoms with Crippen LogP contribution < -0.4 is 0 Å². The van der Waals surface area contributed by atoms with Crippen LogP contribution in [0.2, 0.25) is 0 Å². The van der Waals surface area contributed by atoms with Crippen molar-refractivity contribution in [2.75, 3.05) is 0 Å². The van der Waals surface area contributed by atoms with E-state index in [9.17, 15) is 0 Å². The summed E-state index contributed by atoms with van der Waals surface area (Å²) in [5, 5.41) is 4.95. The van der Waals surface area contributed by atoms with Crippen molar-refractivity contribution in [3.8, 4) is 45.0 Å². The van der Waals surface area contributed by atoms with Crippen LogP contribution in [-0.4, -0.2) is 14.1 Å². The Morgan fingerprint density at radius 2 is 0.846 bits per heavy atom. The summed E-state index contributed by atoms with van der Waals surface area (Å²) >= 11 is 0. The van der Waals surface area contributed by atoms with E-state index < -0.39 is 0 Å². The molecule has 0 saturated heterocycles. The third kappa shape index (κ3) is 4.86. The molecule has 10 rings (SSSR count). The first-order chi connectivity index (χ1) is 25.7. The van der Waals surface area contributed by atoms with Crippen molar-refractivity contribution >= 4 is 49.7 Å². The number of nitrogens with zero attached hydrogens (tertiary/aromatic N) is 3. The number of benzene rings is 7. The summed E-state index contributed by atoms with van der Waals surface area (Å²) in [4.78, 5) is 5.30. The van der Waals surface area contributed by atoms with Crippen molar-refractivity contribution in [1.29, 1.82) is 0 Å². The van der Waals surface area contributed by atoms with Gasteiger partial charge in [-0.25, -0.2) is 4.98 Å². The fraction of sp³-hybridized carbons (Fsp3) is 0. The minimum Gasteiger partial charge on any atom is -0.309 e. The van der Waals surface area contributed by atoms with Crippen LogP contribution in [-0.2, 0) is 0 Å². The molecule has 3 heterocycles. The molecule has 0 saturated carbocycles. The molecule has 7 aromatic carbocycles. The maximum absolute atomic E-state index is 5.30. The average Bonchev–Trinajstić information content (AvgIpc) is 3.74. The summed E-state index contributed by atoms with van der Waals surface area (Å²) < 4.78 is 4.74. The number of para-hydroxylation sites is 3. The molecule has 0 unspecified atom stereocenters. The Balaban J connectivity index is 1.15. The zero-order valence-corrected chi connectivity index (χ0v) is 28.4. The largest absolute Gasteiger partial charge is 0.309 e. The molecule has 0 atom stereocenters. The van der Waals surface area contributed by atoms with Crippen LogP contribution in [0.3, 0.4) is 0 Å². The molecule has 10 aromatic rings. The van der Waals surface area contributed by atoms with Gasteiger partial charge in [-0.15, -0.1) is 0 Å². The van der Waals surface area contributed by atoms with E-state index in [2.05, 4.69) is 198 Å². The van der Waals surface area contributed by atoms with Crippen molar-refractivity contribution in [3.05, 3.63) is 194 Å². The van der Waals surface area contributed by atoms with Crippen LogP contribution in [0.1, 0.15) is 5.56 Å². The summed E-state index contributed by atoms with van der Waals surface area (Å²) in [6.45, 7) is 4.01. The fourth-order valence-electron chi connectivity index (χ4n) is 7.83. The van der Waals surface area contributed by atoms with Crippen LogP contribution in [0.25, 0.3) is 94.7 Å². The highest BCUT2D eigenvalue weighted by atomic mass is 15.0. The lowest BCUT2D eigenvalue weighted by atomic mass is 9.99. The molecule has 244 valence electrons. The number of hydrogen-bond acceptors (Lipinski definition) is 1. The summed E-state index contributed by atoms with van der Waals surface area (Å²) in [5.41, 5.74) is 14.3. The van der Waals surface area contributed by atoms with Crippen molar-refractivity contribution in [3.63, 3.8) is 0 Å². The second-order valence-corrected chi connectivity index (χ2v) is 13.3. The van der Waals surface area contributed by atoms with Gasteiger partial charge in [-0.1, -0.05) is 128 Å². The molecular formula is C49H33N3. The Morgan fingerprint density at radius 1 is 0.365 bits per heavy atom. The minimum absolute atomic E-state index is 0.926. The molecule has 0 bridgehead atoms. The zero-order valence-electron chi connectivity index (χ0n) is 28.4. The topological polar surface area (TPSA) is 22.8 Å². The van der Waals surface area contributed by atoms with Crippen LogP contribution in [0.5, 0.6) is 0 Å². The second-order valence-electron chi connectivity index (χ2n) is 13.3. The fourth-order valence-corrected chi connectivity index (χ4v) is 7.83. The summed E-state index contributed by atoms with van der Waals surface area (Å²) in [6.07, 6.45) is 1.91. The first kappa shape index (κ1) is 29.9. The van der Waals surface area contributed by atoms with Gasteiger partial charge in [-0.2, -0.15) is 0 Å². The molecule has 3 aromatic heterocycles. The molecule has 52 heavy (non-hydrogen) atoms. The molecule has 0 aliphatic carbocycles. The highest BCUT2D eigenvalue weighted by molar-refractivity contribution is 6.10. The lowest BCUT2D eigenvalue weighted by Gasteiger charge is -2.14. The first-order valence-corrected chi connectivity index (χ1v) is 17.7. The van der Waals surface area contributed by atoms with Gasteiger partial charge >= 0.3 is 0 Å². The monoisotopic (exact) mass is 663 g/mol. The molecule has 0 fully saturated rings. The Morgan fingerprint density at radius 3 is 1.46 bits per heavy atom.